The molecule has 0 aliphatic carbocycles. The zero-order valence-electron chi connectivity index (χ0n) is 8.28. The molecule has 0 unspecified atom stereocenters. The molecule has 7 heteroatoms. The summed E-state index contributed by atoms with van der Waals surface area (Å²) >= 11 is 0. The highest BCUT2D eigenvalue weighted by Gasteiger charge is 2.21. The van der Waals surface area contributed by atoms with Crippen LogP contribution in [0.3, 0.4) is 0 Å². The van der Waals surface area contributed by atoms with Gasteiger partial charge in [0.15, 0.2) is 0 Å². The van der Waals surface area contributed by atoms with Crippen LogP contribution in [0.2, 0.25) is 0 Å². The van der Waals surface area contributed by atoms with Gasteiger partial charge >= 0.3 is 16.3 Å². The van der Waals surface area contributed by atoms with Gasteiger partial charge in [0, 0.05) is 6.54 Å². The number of nitrogens with zero attached hydrogens (tertiary/aromatic N) is 1. The molecule has 0 bridgehead atoms. The highest BCUT2D eigenvalue weighted by Crippen LogP contribution is 2.07. The van der Waals surface area contributed by atoms with Crippen LogP contribution in [0.25, 0.3) is 0 Å². The summed E-state index contributed by atoms with van der Waals surface area (Å²) in [5.41, 5.74) is 0.598. The van der Waals surface area contributed by atoms with Crippen molar-refractivity contribution in [1.82, 2.24) is 4.31 Å². The van der Waals surface area contributed by atoms with Gasteiger partial charge in [-0.05, 0) is 5.56 Å². The Labute approximate surface area is 93.0 Å². The summed E-state index contributed by atoms with van der Waals surface area (Å²) in [6.07, 6.45) is 0. The molecule has 0 aliphatic rings. The first kappa shape index (κ1) is 12.6. The summed E-state index contributed by atoms with van der Waals surface area (Å²) in [6.45, 7) is -0.945. The molecule has 0 heterocycles. The number of aliphatic carboxylic acids is 1. The zero-order chi connectivity index (χ0) is 12.2. The second-order valence-electron chi connectivity index (χ2n) is 3.13. The third-order valence-electron chi connectivity index (χ3n) is 1.84. The molecule has 0 radical (unpaired) electrons. The van der Waals surface area contributed by atoms with Crippen LogP contribution in [0.5, 0.6) is 0 Å². The van der Waals surface area contributed by atoms with E-state index in [4.69, 9.17) is 9.66 Å². The lowest BCUT2D eigenvalue weighted by Crippen LogP contribution is -2.34. The molecule has 0 saturated carbocycles. The SMILES string of the molecule is O=C(O)CN(Cc1ccccc1)S(=O)(=O)O. The predicted octanol–water partition coefficient (Wildman–Crippen LogP) is 0.376. The first-order valence-electron chi connectivity index (χ1n) is 4.38. The summed E-state index contributed by atoms with van der Waals surface area (Å²) in [5.74, 6) is -1.33. The van der Waals surface area contributed by atoms with Crippen molar-refractivity contribution in [2.45, 2.75) is 6.54 Å². The fraction of sp³-hybridized carbons (Fsp3) is 0.222. The van der Waals surface area contributed by atoms with Crippen LogP contribution in [-0.2, 0) is 21.6 Å². The molecule has 88 valence electrons. The lowest BCUT2D eigenvalue weighted by molar-refractivity contribution is -0.137. The van der Waals surface area contributed by atoms with E-state index in [2.05, 4.69) is 0 Å². The van der Waals surface area contributed by atoms with E-state index in [0.29, 0.717) is 9.87 Å². The number of hydrogen-bond acceptors (Lipinski definition) is 3. The van der Waals surface area contributed by atoms with Crippen LogP contribution in [0, 0.1) is 0 Å². The standard InChI is InChI=1S/C9H11NO5S/c11-9(12)7-10(16(13,14)15)6-8-4-2-1-3-5-8/h1-5H,6-7H2,(H,11,12)(H,13,14,15). The third kappa shape index (κ3) is 3.97. The Morgan fingerprint density at radius 2 is 1.81 bits per heavy atom. The maximum Gasteiger partial charge on any atom is 0.336 e. The number of rotatable bonds is 5. The first-order chi connectivity index (χ1) is 7.39. The molecule has 0 amide bonds. The third-order valence-corrected chi connectivity index (χ3v) is 2.75. The molecule has 0 aliphatic heterocycles. The average molecular weight is 245 g/mol. The van der Waals surface area contributed by atoms with E-state index < -0.39 is 22.8 Å². The van der Waals surface area contributed by atoms with Crippen LogP contribution >= 0.6 is 0 Å². The van der Waals surface area contributed by atoms with Crippen molar-refractivity contribution in [2.24, 2.45) is 0 Å². The van der Waals surface area contributed by atoms with Gasteiger partial charge in [-0.15, -0.1) is 0 Å². The van der Waals surface area contributed by atoms with E-state index in [1.807, 2.05) is 0 Å². The average Bonchev–Trinajstić information content (AvgIpc) is 2.16. The largest absolute Gasteiger partial charge is 0.480 e. The van der Waals surface area contributed by atoms with Crippen LogP contribution < -0.4 is 0 Å². The van der Waals surface area contributed by atoms with Gasteiger partial charge in [-0.2, -0.15) is 12.7 Å². The van der Waals surface area contributed by atoms with Crippen LogP contribution in [-0.4, -0.2) is 34.9 Å². The first-order valence-corrected chi connectivity index (χ1v) is 5.77. The summed E-state index contributed by atoms with van der Waals surface area (Å²) in [4.78, 5) is 10.4. The van der Waals surface area contributed by atoms with Crippen molar-refractivity contribution in [1.29, 1.82) is 0 Å². The van der Waals surface area contributed by atoms with Crippen LogP contribution in [0.15, 0.2) is 30.3 Å². The van der Waals surface area contributed by atoms with E-state index in [-0.39, 0.29) is 6.54 Å². The van der Waals surface area contributed by atoms with Crippen molar-refractivity contribution < 1.29 is 22.9 Å². The number of hydrogen-bond donors (Lipinski definition) is 2. The molecular formula is C9H11NO5S. The maximum absolute atomic E-state index is 10.9. The summed E-state index contributed by atoms with van der Waals surface area (Å²) in [5, 5.41) is 8.51. The minimum absolute atomic E-state index is 0.175. The molecule has 0 atom stereocenters. The van der Waals surface area contributed by atoms with Crippen LogP contribution in [0.1, 0.15) is 5.56 Å². The number of carboxylic acids is 1. The summed E-state index contributed by atoms with van der Waals surface area (Å²) in [7, 11) is -4.51. The smallest absolute Gasteiger partial charge is 0.336 e. The fourth-order valence-corrected chi connectivity index (χ4v) is 1.74. The summed E-state index contributed by atoms with van der Waals surface area (Å²) in [6, 6.07) is 8.41. The molecule has 1 aromatic carbocycles. The van der Waals surface area contributed by atoms with E-state index in [9.17, 15) is 13.2 Å². The maximum atomic E-state index is 10.9. The summed E-state index contributed by atoms with van der Waals surface area (Å²) < 4.78 is 31.1. The van der Waals surface area contributed by atoms with Gasteiger partial charge < -0.3 is 5.11 Å². The fourth-order valence-electron chi connectivity index (χ4n) is 1.16. The Bertz CT molecular complexity index is 456. The predicted molar refractivity (Wildman–Crippen MR) is 56.0 cm³/mol. The van der Waals surface area contributed by atoms with Gasteiger partial charge in [0.05, 0.1) is 0 Å². The highest BCUT2D eigenvalue weighted by molar-refractivity contribution is 7.83. The Kier molecular flexibility index (Phi) is 3.99. The van der Waals surface area contributed by atoms with E-state index >= 15 is 0 Å². The lowest BCUT2D eigenvalue weighted by Gasteiger charge is -2.15. The quantitative estimate of drug-likeness (QED) is 0.731. The molecule has 6 nitrogen and oxygen atoms in total. The van der Waals surface area contributed by atoms with Crippen molar-refractivity contribution in [3.63, 3.8) is 0 Å². The molecule has 0 spiro atoms. The van der Waals surface area contributed by atoms with Gasteiger partial charge in [-0.3, -0.25) is 9.35 Å². The Hall–Kier alpha value is -1.44. The molecule has 1 aromatic rings. The van der Waals surface area contributed by atoms with Crippen molar-refractivity contribution in [2.75, 3.05) is 6.54 Å². The Balaban J connectivity index is 2.84. The minimum atomic E-state index is -4.51. The molecule has 0 aromatic heterocycles. The van der Waals surface area contributed by atoms with Gasteiger partial charge in [-0.25, -0.2) is 0 Å². The molecule has 16 heavy (non-hydrogen) atoms. The Morgan fingerprint density at radius 1 is 1.25 bits per heavy atom. The molecule has 0 fully saturated rings. The highest BCUT2D eigenvalue weighted by atomic mass is 32.2. The van der Waals surface area contributed by atoms with E-state index in [0.717, 1.165) is 0 Å². The van der Waals surface area contributed by atoms with Gasteiger partial charge in [0.1, 0.15) is 6.54 Å². The molecule has 0 saturated heterocycles. The van der Waals surface area contributed by atoms with Crippen molar-refractivity contribution >= 4 is 16.3 Å². The van der Waals surface area contributed by atoms with E-state index in [1.165, 1.54) is 0 Å². The second-order valence-corrected chi connectivity index (χ2v) is 4.54. The topological polar surface area (TPSA) is 94.9 Å². The number of carboxylic acid groups (broad SMARTS) is 1. The van der Waals surface area contributed by atoms with Crippen molar-refractivity contribution in [3.8, 4) is 0 Å². The van der Waals surface area contributed by atoms with Gasteiger partial charge in [0.2, 0.25) is 0 Å². The van der Waals surface area contributed by atoms with Crippen LogP contribution in [0.4, 0.5) is 0 Å². The normalized spacial score (nSPS) is 11.6. The van der Waals surface area contributed by atoms with Gasteiger partial charge in [0.25, 0.3) is 0 Å². The van der Waals surface area contributed by atoms with Crippen molar-refractivity contribution in [3.05, 3.63) is 35.9 Å². The number of carbonyl (C=O) groups is 1. The minimum Gasteiger partial charge on any atom is -0.480 e. The van der Waals surface area contributed by atoms with E-state index in [1.54, 1.807) is 30.3 Å². The Morgan fingerprint density at radius 3 is 2.25 bits per heavy atom. The lowest BCUT2D eigenvalue weighted by atomic mass is 10.2. The molecular weight excluding hydrogens is 234 g/mol. The molecule has 2 N–H and O–H groups in total. The monoisotopic (exact) mass is 245 g/mol. The second kappa shape index (κ2) is 5.06. The number of benzene rings is 1. The zero-order valence-corrected chi connectivity index (χ0v) is 9.09. The van der Waals surface area contributed by atoms with Gasteiger partial charge in [-0.1, -0.05) is 30.3 Å². The molecule has 1 rings (SSSR count).